The molecule has 3 rings (SSSR count). The van der Waals surface area contributed by atoms with Crippen LogP contribution in [-0.4, -0.2) is 63.9 Å². The summed E-state index contributed by atoms with van der Waals surface area (Å²) < 4.78 is 0. The summed E-state index contributed by atoms with van der Waals surface area (Å²) in [7, 11) is 0. The number of aliphatic carboxylic acids is 2. The lowest BCUT2D eigenvalue weighted by atomic mass is 9.95. The molecule has 2 aromatic carbocycles. The molecule has 1 aliphatic rings. The molecule has 38 heavy (non-hydrogen) atoms. The Labute approximate surface area is 228 Å². The van der Waals surface area contributed by atoms with Crippen LogP contribution in [0.5, 0.6) is 0 Å². The van der Waals surface area contributed by atoms with Gasteiger partial charge in [0.2, 0.25) is 11.8 Å². The van der Waals surface area contributed by atoms with E-state index < -0.39 is 35.7 Å². The van der Waals surface area contributed by atoms with Crippen LogP contribution >= 0.6 is 23.2 Å². The van der Waals surface area contributed by atoms with Gasteiger partial charge >= 0.3 is 11.9 Å². The van der Waals surface area contributed by atoms with Crippen molar-refractivity contribution in [2.24, 2.45) is 5.92 Å². The Hall–Kier alpha value is -3.63. The van der Waals surface area contributed by atoms with E-state index in [9.17, 15) is 29.1 Å². The summed E-state index contributed by atoms with van der Waals surface area (Å²) in [5, 5.41) is 24.1. The molecule has 2 aromatic rings. The Kier molecular flexibility index (Phi) is 10.1. The maximum Gasteiger partial charge on any atom is 0.326 e. The molecule has 12 heteroatoms. The Balaban J connectivity index is 1.58. The molecule has 202 valence electrons. The van der Waals surface area contributed by atoms with Gasteiger partial charge in [-0.25, -0.2) is 4.79 Å². The van der Waals surface area contributed by atoms with Crippen molar-refractivity contribution in [3.63, 3.8) is 0 Å². The second kappa shape index (κ2) is 13.3. The van der Waals surface area contributed by atoms with Crippen LogP contribution in [0.25, 0.3) is 0 Å². The van der Waals surface area contributed by atoms with Crippen LogP contribution in [0.1, 0.15) is 41.6 Å². The number of carbonyl (C=O) groups excluding carboxylic acids is 3. The molecular weight excluding hydrogens is 537 g/mol. The number of hydrogen-bond donors (Lipinski definition) is 4. The molecule has 1 fully saturated rings. The third-order valence-electron chi connectivity index (χ3n) is 6.15. The zero-order valence-corrected chi connectivity index (χ0v) is 21.8. The predicted molar refractivity (Wildman–Crippen MR) is 140 cm³/mol. The fourth-order valence-electron chi connectivity index (χ4n) is 4.15. The SMILES string of the molecule is O=C(O)CCC(=O)N1CCCC(C(=O)N[C@@H](Cc2ccc(NC(=O)c3c(Cl)cccc3Cl)cc2)C(=O)O)C1. The summed E-state index contributed by atoms with van der Waals surface area (Å²) in [4.78, 5) is 61.7. The fourth-order valence-corrected chi connectivity index (χ4v) is 4.72. The lowest BCUT2D eigenvalue weighted by Gasteiger charge is -2.32. The normalized spacial score (nSPS) is 15.8. The fraction of sp³-hybridized carbons (Fsp3) is 0.346. The smallest absolute Gasteiger partial charge is 0.326 e. The average molecular weight is 564 g/mol. The molecular formula is C26H27Cl2N3O7. The minimum atomic E-state index is -1.21. The number of carboxylic acids is 2. The van der Waals surface area contributed by atoms with Gasteiger partial charge in [0.25, 0.3) is 5.91 Å². The Morgan fingerprint density at radius 1 is 0.974 bits per heavy atom. The van der Waals surface area contributed by atoms with Crippen LogP contribution in [0.3, 0.4) is 0 Å². The zero-order valence-electron chi connectivity index (χ0n) is 20.3. The van der Waals surface area contributed by atoms with Gasteiger partial charge in [-0.05, 0) is 42.7 Å². The second-order valence-corrected chi connectivity index (χ2v) is 9.74. The first-order chi connectivity index (χ1) is 18.0. The minimum absolute atomic E-state index is 0.000379. The van der Waals surface area contributed by atoms with E-state index in [-0.39, 0.29) is 47.3 Å². The summed E-state index contributed by atoms with van der Waals surface area (Å²) in [5.74, 6) is -4.19. The van der Waals surface area contributed by atoms with Crippen molar-refractivity contribution in [3.8, 4) is 0 Å². The highest BCUT2D eigenvalue weighted by Crippen LogP contribution is 2.25. The van der Waals surface area contributed by atoms with Crippen molar-refractivity contribution in [1.82, 2.24) is 10.2 Å². The van der Waals surface area contributed by atoms with Crippen molar-refractivity contribution in [2.75, 3.05) is 18.4 Å². The Bertz CT molecular complexity index is 1200. The lowest BCUT2D eigenvalue weighted by Crippen LogP contribution is -2.50. The van der Waals surface area contributed by atoms with Crippen LogP contribution in [0.4, 0.5) is 5.69 Å². The van der Waals surface area contributed by atoms with Gasteiger partial charge in [-0.15, -0.1) is 0 Å². The second-order valence-electron chi connectivity index (χ2n) is 8.92. The zero-order chi connectivity index (χ0) is 27.8. The predicted octanol–water partition coefficient (Wildman–Crippen LogP) is 3.46. The number of amides is 3. The monoisotopic (exact) mass is 563 g/mol. The van der Waals surface area contributed by atoms with E-state index in [1.165, 1.54) is 4.90 Å². The number of halogens is 2. The molecule has 0 bridgehead atoms. The van der Waals surface area contributed by atoms with Crippen LogP contribution in [0.15, 0.2) is 42.5 Å². The molecule has 2 atom stereocenters. The molecule has 0 aromatic heterocycles. The number of nitrogens with zero attached hydrogens (tertiary/aromatic N) is 1. The first-order valence-electron chi connectivity index (χ1n) is 11.9. The summed E-state index contributed by atoms with van der Waals surface area (Å²) >= 11 is 12.1. The van der Waals surface area contributed by atoms with E-state index in [1.807, 2.05) is 0 Å². The molecule has 0 spiro atoms. The quantitative estimate of drug-likeness (QED) is 0.345. The molecule has 1 aliphatic heterocycles. The van der Waals surface area contributed by atoms with Gasteiger partial charge in [-0.2, -0.15) is 0 Å². The summed E-state index contributed by atoms with van der Waals surface area (Å²) in [6.45, 7) is 0.538. The first kappa shape index (κ1) is 28.9. The van der Waals surface area contributed by atoms with Crippen LogP contribution < -0.4 is 10.6 Å². The Morgan fingerprint density at radius 2 is 1.63 bits per heavy atom. The maximum atomic E-state index is 12.8. The van der Waals surface area contributed by atoms with E-state index >= 15 is 0 Å². The number of carboxylic acid groups (broad SMARTS) is 2. The number of likely N-dealkylation sites (tertiary alicyclic amines) is 1. The highest BCUT2D eigenvalue weighted by molar-refractivity contribution is 6.40. The van der Waals surface area contributed by atoms with E-state index in [2.05, 4.69) is 10.6 Å². The topological polar surface area (TPSA) is 153 Å². The van der Waals surface area contributed by atoms with E-state index in [1.54, 1.807) is 42.5 Å². The molecule has 3 amide bonds. The lowest BCUT2D eigenvalue weighted by molar-refractivity contribution is -0.144. The molecule has 1 unspecified atom stereocenters. The van der Waals surface area contributed by atoms with Gasteiger partial charge in [0.05, 0.1) is 27.9 Å². The van der Waals surface area contributed by atoms with E-state index in [4.69, 9.17) is 28.3 Å². The van der Waals surface area contributed by atoms with Crippen molar-refractivity contribution >= 4 is 58.5 Å². The number of benzene rings is 2. The number of rotatable bonds is 10. The highest BCUT2D eigenvalue weighted by Gasteiger charge is 2.31. The Morgan fingerprint density at radius 3 is 2.24 bits per heavy atom. The van der Waals surface area contributed by atoms with Crippen LogP contribution in [-0.2, 0) is 25.6 Å². The third-order valence-corrected chi connectivity index (χ3v) is 6.78. The van der Waals surface area contributed by atoms with E-state index in [0.717, 1.165) is 0 Å². The molecule has 0 aliphatic carbocycles. The molecule has 10 nitrogen and oxygen atoms in total. The average Bonchev–Trinajstić information content (AvgIpc) is 2.87. The van der Waals surface area contributed by atoms with Crippen LogP contribution in [0.2, 0.25) is 10.0 Å². The molecule has 1 saturated heterocycles. The van der Waals surface area contributed by atoms with Crippen molar-refractivity contribution in [2.45, 2.75) is 38.1 Å². The minimum Gasteiger partial charge on any atom is -0.481 e. The highest BCUT2D eigenvalue weighted by atomic mass is 35.5. The maximum absolute atomic E-state index is 12.8. The standard InChI is InChI=1S/C26H27Cl2N3O7/c27-18-4-1-5-19(28)23(18)25(36)29-17-8-6-15(7-9-17)13-20(26(37)38)30-24(35)16-3-2-12-31(14-16)21(32)10-11-22(33)34/h1,4-9,16,20H,2-3,10-14H2,(H,29,36)(H,30,35)(H,33,34)(H,37,38)/t16?,20-/m0/s1. The van der Waals surface area contributed by atoms with Gasteiger partial charge in [0.15, 0.2) is 0 Å². The van der Waals surface area contributed by atoms with Crippen molar-refractivity contribution in [3.05, 3.63) is 63.6 Å². The number of carbonyl (C=O) groups is 5. The number of piperidine rings is 1. The summed E-state index contributed by atoms with van der Waals surface area (Å²) in [5.41, 5.74) is 1.19. The summed E-state index contributed by atoms with van der Waals surface area (Å²) in [6.07, 6.45) is 0.609. The van der Waals surface area contributed by atoms with Gasteiger partial charge in [-0.1, -0.05) is 41.4 Å². The number of anilines is 1. The summed E-state index contributed by atoms with van der Waals surface area (Å²) in [6, 6.07) is 9.98. The van der Waals surface area contributed by atoms with Crippen molar-refractivity contribution < 1.29 is 34.2 Å². The van der Waals surface area contributed by atoms with E-state index in [0.29, 0.717) is 30.6 Å². The van der Waals surface area contributed by atoms with Crippen molar-refractivity contribution in [1.29, 1.82) is 0 Å². The van der Waals surface area contributed by atoms with Gasteiger partial charge < -0.3 is 25.7 Å². The largest absolute Gasteiger partial charge is 0.481 e. The molecule has 0 radical (unpaired) electrons. The van der Waals surface area contributed by atoms with Crippen LogP contribution in [0, 0.1) is 5.92 Å². The first-order valence-corrected chi connectivity index (χ1v) is 12.7. The number of nitrogens with one attached hydrogen (secondary N) is 2. The van der Waals surface area contributed by atoms with Gasteiger partial charge in [-0.3, -0.25) is 19.2 Å². The molecule has 4 N–H and O–H groups in total. The van der Waals surface area contributed by atoms with Gasteiger partial charge in [0.1, 0.15) is 6.04 Å². The molecule has 1 heterocycles. The number of hydrogen-bond acceptors (Lipinski definition) is 5. The molecule has 0 saturated carbocycles. The van der Waals surface area contributed by atoms with Gasteiger partial charge in [0, 0.05) is 31.6 Å². The third kappa shape index (κ3) is 7.93.